The van der Waals surface area contributed by atoms with E-state index in [4.69, 9.17) is 37.7 Å². The van der Waals surface area contributed by atoms with Gasteiger partial charge in [0.05, 0.1) is 39.6 Å². The number of carbonyl (C=O) groups excluding carboxylic acids is 1. The van der Waals surface area contributed by atoms with Gasteiger partial charge in [0.2, 0.25) is 5.69 Å². The summed E-state index contributed by atoms with van der Waals surface area (Å²) in [7, 11) is -0.204. The molecule has 3 heterocycles. The van der Waals surface area contributed by atoms with Crippen LogP contribution in [0.4, 0.5) is 0 Å². The van der Waals surface area contributed by atoms with E-state index in [2.05, 4.69) is 4.98 Å². The maximum atomic E-state index is 13.8. The Balaban J connectivity index is 1.30. The van der Waals surface area contributed by atoms with Crippen LogP contribution >= 0.6 is 7.60 Å². The normalized spacial score (nSPS) is 18.3. The van der Waals surface area contributed by atoms with Crippen molar-refractivity contribution in [3.63, 3.8) is 0 Å². The van der Waals surface area contributed by atoms with Crippen LogP contribution in [-0.4, -0.2) is 73.0 Å². The van der Waals surface area contributed by atoms with Gasteiger partial charge in [-0.05, 0) is 53.1 Å². The van der Waals surface area contributed by atoms with Gasteiger partial charge in [-0.25, -0.2) is 9.59 Å². The molecule has 328 valence electrons. The minimum atomic E-state index is -4.71. The number of carbonyl (C=O) groups is 1. The van der Waals surface area contributed by atoms with Crippen molar-refractivity contribution >= 4 is 13.6 Å². The molecule has 0 bridgehead atoms. The molecular formula is C45H44N3O14P. The zero-order chi connectivity index (χ0) is 44.6. The van der Waals surface area contributed by atoms with Crippen LogP contribution in [0.25, 0.3) is 0 Å². The van der Waals surface area contributed by atoms with E-state index in [-0.39, 0.29) is 17.9 Å². The molecule has 0 saturated carbocycles. The van der Waals surface area contributed by atoms with Gasteiger partial charge in [0, 0.05) is 18.3 Å². The Labute approximate surface area is 361 Å². The second kappa shape index (κ2) is 19.6. The molecule has 2 aromatic heterocycles. The Morgan fingerprint density at radius 1 is 0.810 bits per heavy atom. The summed E-state index contributed by atoms with van der Waals surface area (Å²) in [6, 6.07) is 35.7. The lowest BCUT2D eigenvalue weighted by molar-refractivity contribution is -0.616. The maximum Gasteiger partial charge on any atom is 0.354 e. The van der Waals surface area contributed by atoms with Gasteiger partial charge in [0.15, 0.2) is 18.5 Å². The molecule has 6 aromatic rings. The number of nitrogens with zero attached hydrogens (tertiary/aromatic N) is 2. The number of benzene rings is 4. The van der Waals surface area contributed by atoms with Gasteiger partial charge in [0.25, 0.3) is 5.56 Å². The predicted molar refractivity (Wildman–Crippen MR) is 225 cm³/mol. The number of hydrogen-bond acceptors (Lipinski definition) is 13. The maximum absolute atomic E-state index is 13.8. The van der Waals surface area contributed by atoms with Crippen LogP contribution in [0, 0.1) is 5.21 Å². The zero-order valence-electron chi connectivity index (χ0n) is 34.3. The Bertz CT molecular complexity index is 2600. The Morgan fingerprint density at radius 3 is 1.98 bits per heavy atom. The van der Waals surface area contributed by atoms with Gasteiger partial charge < -0.3 is 43.3 Å². The second-order valence-corrected chi connectivity index (χ2v) is 16.0. The van der Waals surface area contributed by atoms with Gasteiger partial charge in [0.1, 0.15) is 48.0 Å². The fourth-order valence-corrected chi connectivity index (χ4v) is 7.97. The molecule has 0 amide bonds. The Morgan fingerprint density at radius 2 is 1.40 bits per heavy atom. The molecule has 0 aliphatic carbocycles. The number of pyridine rings is 1. The molecule has 0 radical (unpaired) electrons. The lowest BCUT2D eigenvalue weighted by Crippen LogP contribution is -2.43. The summed E-state index contributed by atoms with van der Waals surface area (Å²) in [4.78, 5) is 52.7. The van der Waals surface area contributed by atoms with Crippen LogP contribution in [0.15, 0.2) is 149 Å². The van der Waals surface area contributed by atoms with Crippen LogP contribution in [0.2, 0.25) is 0 Å². The molecule has 4 aromatic carbocycles. The molecule has 1 aliphatic rings. The highest BCUT2D eigenvalue weighted by atomic mass is 31.2. The summed E-state index contributed by atoms with van der Waals surface area (Å²) in [6.45, 7) is -0.959. The molecule has 1 aliphatic heterocycles. The molecule has 18 heteroatoms. The first-order chi connectivity index (χ1) is 30.4. The molecule has 7 rings (SSSR count). The zero-order valence-corrected chi connectivity index (χ0v) is 35.2. The Kier molecular flexibility index (Phi) is 13.9. The number of methoxy groups -OCH3 is 3. The summed E-state index contributed by atoms with van der Waals surface area (Å²) in [5.41, 5.74) is -0.848. The van der Waals surface area contributed by atoms with Crippen LogP contribution in [-0.2, 0) is 40.2 Å². The van der Waals surface area contributed by atoms with Crippen molar-refractivity contribution in [3.05, 3.63) is 194 Å². The van der Waals surface area contributed by atoms with E-state index in [0.29, 0.717) is 38.7 Å². The monoisotopic (exact) mass is 881 g/mol. The average Bonchev–Trinajstić information content (AvgIpc) is 3.65. The van der Waals surface area contributed by atoms with Gasteiger partial charge in [-0.1, -0.05) is 72.8 Å². The summed E-state index contributed by atoms with van der Waals surface area (Å²) < 4.78 is 62.5. The first-order valence-corrected chi connectivity index (χ1v) is 21.3. The number of ether oxygens (including phenoxy) is 7. The summed E-state index contributed by atoms with van der Waals surface area (Å²) >= 11 is 0. The quantitative estimate of drug-likeness (QED) is 0.0380. The highest BCUT2D eigenvalue weighted by molar-refractivity contribution is 7.52. The summed E-state index contributed by atoms with van der Waals surface area (Å²) in [5.74, 6) is 0.663. The van der Waals surface area contributed by atoms with Crippen molar-refractivity contribution < 1.29 is 56.7 Å². The van der Waals surface area contributed by atoms with Crippen LogP contribution in [0.5, 0.6) is 17.2 Å². The summed E-state index contributed by atoms with van der Waals surface area (Å²) in [5, 5.41) is 12.5. The molecular weight excluding hydrogens is 837 g/mol. The summed E-state index contributed by atoms with van der Waals surface area (Å²) in [6.07, 6.45) is -4.34. The van der Waals surface area contributed by atoms with Gasteiger partial charge in [-0.3, -0.25) is 23.4 Å². The number of hydrogen-bond donors (Lipinski definition) is 2. The van der Waals surface area contributed by atoms with Crippen LogP contribution < -0.4 is 30.2 Å². The fraction of sp³-hybridized carbons (Fsp3) is 0.244. The van der Waals surface area contributed by atoms with Crippen molar-refractivity contribution in [3.8, 4) is 17.2 Å². The van der Waals surface area contributed by atoms with E-state index >= 15 is 0 Å². The lowest BCUT2D eigenvalue weighted by Gasteiger charge is -2.37. The minimum absolute atomic E-state index is 0.0272. The van der Waals surface area contributed by atoms with Gasteiger partial charge in [-0.2, -0.15) is 4.73 Å². The van der Waals surface area contributed by atoms with Crippen molar-refractivity contribution in [1.29, 1.82) is 0 Å². The third kappa shape index (κ3) is 10.1. The third-order valence-corrected chi connectivity index (χ3v) is 11.4. The molecule has 63 heavy (non-hydrogen) atoms. The van der Waals surface area contributed by atoms with E-state index in [1.807, 2.05) is 54.6 Å². The first-order valence-electron chi connectivity index (χ1n) is 19.5. The molecule has 1 unspecified atom stereocenters. The van der Waals surface area contributed by atoms with E-state index in [1.54, 1.807) is 56.7 Å². The van der Waals surface area contributed by atoms with E-state index < -0.39 is 67.9 Å². The SMILES string of the molecule is COc1ccc(C(OC[C@H]2O[C@@H](n3ccc(=O)[nH]c3=O)[C@H](OC(=O)c3ccccc3)[C@@H]2OCP(=O)(O)OCc2cc(OC)cc[n+]2[O-])(c2ccccc2)c2ccc(OC)cc2)cc1. The van der Waals surface area contributed by atoms with Crippen molar-refractivity contribution in [1.82, 2.24) is 9.55 Å². The smallest absolute Gasteiger partial charge is 0.354 e. The number of aromatic amines is 1. The van der Waals surface area contributed by atoms with Gasteiger partial charge >= 0.3 is 19.3 Å². The fourth-order valence-electron chi connectivity index (χ4n) is 7.20. The molecule has 2 N–H and O–H groups in total. The van der Waals surface area contributed by atoms with Crippen molar-refractivity contribution in [2.75, 3.05) is 34.3 Å². The number of rotatable bonds is 18. The highest BCUT2D eigenvalue weighted by Gasteiger charge is 2.52. The number of aromatic nitrogens is 3. The number of nitrogens with one attached hydrogen (secondary N) is 1. The molecule has 1 fully saturated rings. The standard InChI is InChI=1S/C45H44N3O14P/c1-55-35-18-14-32(15-19-35)45(31-12-8-5-9-13-31,33-16-20-36(56-2)21-17-33)59-28-38-40(58-29-63(53,54)60-27-34-26-37(57-3)22-25-48(34)52)41(62-43(50)30-10-6-4-7-11-30)42(61-38)47-24-23-39(49)46-44(47)51/h4-26,38,40-42H,27-29H2,1-3H3,(H,53,54)(H,46,49,51)/t38-,40-,41-,42-/m1/s1. The highest BCUT2D eigenvalue weighted by Crippen LogP contribution is 2.46. The average molecular weight is 882 g/mol. The third-order valence-electron chi connectivity index (χ3n) is 10.3. The minimum Gasteiger partial charge on any atom is -0.618 e. The van der Waals surface area contributed by atoms with Gasteiger partial charge in [-0.15, -0.1) is 0 Å². The van der Waals surface area contributed by atoms with Crippen molar-refractivity contribution in [2.24, 2.45) is 0 Å². The molecule has 1 saturated heterocycles. The molecule has 0 spiro atoms. The molecule has 17 nitrogen and oxygen atoms in total. The number of esters is 1. The topological polar surface area (TPSA) is 210 Å². The lowest BCUT2D eigenvalue weighted by atomic mass is 9.80. The second-order valence-electron chi connectivity index (χ2n) is 14.2. The first kappa shape index (κ1) is 44.5. The number of H-pyrrole nitrogens is 1. The Hall–Kier alpha value is -6.59. The van der Waals surface area contributed by atoms with E-state index in [1.165, 1.54) is 37.6 Å². The van der Waals surface area contributed by atoms with E-state index in [9.17, 15) is 29.0 Å². The largest absolute Gasteiger partial charge is 0.618 e. The van der Waals surface area contributed by atoms with Crippen molar-refractivity contribution in [2.45, 2.75) is 36.7 Å². The molecule has 5 atom stereocenters. The van der Waals surface area contributed by atoms with Crippen LogP contribution in [0.1, 0.15) is 39.0 Å². The predicted octanol–water partition coefficient (Wildman–Crippen LogP) is 5.07. The van der Waals surface area contributed by atoms with Crippen LogP contribution in [0.3, 0.4) is 0 Å². The van der Waals surface area contributed by atoms with E-state index in [0.717, 1.165) is 16.8 Å².